The predicted molar refractivity (Wildman–Crippen MR) is 89.6 cm³/mol. The number of nitrogens with zero attached hydrogens (tertiary/aromatic N) is 4. The molecule has 2 aliphatic heterocycles. The van der Waals surface area contributed by atoms with Gasteiger partial charge in [0.1, 0.15) is 0 Å². The van der Waals surface area contributed by atoms with Crippen LogP contribution in [0.15, 0.2) is 11.6 Å². The zero-order valence-electron chi connectivity index (χ0n) is 13.4. The molecule has 1 aromatic heterocycles. The molecule has 0 bridgehead atoms. The van der Waals surface area contributed by atoms with Crippen LogP contribution in [0.5, 0.6) is 0 Å². The molecule has 8 heteroatoms. The molecule has 2 aliphatic rings. The van der Waals surface area contributed by atoms with Gasteiger partial charge in [0.15, 0.2) is 5.13 Å². The van der Waals surface area contributed by atoms with Gasteiger partial charge in [-0.25, -0.2) is 9.78 Å². The lowest BCUT2D eigenvalue weighted by Crippen LogP contribution is -2.48. The Balaban J connectivity index is 1.43. The molecule has 3 amide bonds. The second-order valence-corrected chi connectivity index (χ2v) is 6.84. The summed E-state index contributed by atoms with van der Waals surface area (Å²) in [6.45, 7) is 6.57. The van der Waals surface area contributed by atoms with Gasteiger partial charge in [0.05, 0.1) is 6.54 Å². The van der Waals surface area contributed by atoms with Crippen LogP contribution < -0.4 is 5.32 Å². The summed E-state index contributed by atoms with van der Waals surface area (Å²) in [4.78, 5) is 34.3. The largest absolute Gasteiger partial charge is 0.323 e. The highest BCUT2D eigenvalue weighted by atomic mass is 32.1. The van der Waals surface area contributed by atoms with Crippen LogP contribution in [-0.4, -0.2) is 76.9 Å². The molecule has 1 N–H and O–H groups in total. The van der Waals surface area contributed by atoms with Gasteiger partial charge in [-0.05, 0) is 19.8 Å². The summed E-state index contributed by atoms with van der Waals surface area (Å²) in [6.07, 6.45) is 3.56. The number of urea groups is 1. The normalized spacial score (nSPS) is 20.3. The summed E-state index contributed by atoms with van der Waals surface area (Å²) in [6, 6.07) is 0.491. The van der Waals surface area contributed by atoms with E-state index in [4.69, 9.17) is 0 Å². The van der Waals surface area contributed by atoms with Crippen molar-refractivity contribution in [1.29, 1.82) is 0 Å². The summed E-state index contributed by atoms with van der Waals surface area (Å²) >= 11 is 1.42. The zero-order chi connectivity index (χ0) is 16.2. The molecule has 2 fully saturated rings. The van der Waals surface area contributed by atoms with Crippen LogP contribution >= 0.6 is 11.3 Å². The van der Waals surface area contributed by atoms with Crippen molar-refractivity contribution in [1.82, 2.24) is 19.7 Å². The highest BCUT2D eigenvalue weighted by Gasteiger charge is 2.34. The van der Waals surface area contributed by atoms with Gasteiger partial charge in [0, 0.05) is 50.3 Å². The number of hydrogen-bond acceptors (Lipinski definition) is 5. The zero-order valence-corrected chi connectivity index (χ0v) is 14.2. The minimum absolute atomic E-state index is 0.0205. The summed E-state index contributed by atoms with van der Waals surface area (Å²) in [5.74, 6) is -0.0205. The number of carbonyl (C=O) groups is 2. The maximum atomic E-state index is 12.2. The average Bonchev–Trinajstić information content (AvgIpc) is 3.17. The molecule has 0 aromatic carbocycles. The van der Waals surface area contributed by atoms with Gasteiger partial charge in [-0.2, -0.15) is 0 Å². The number of anilines is 1. The van der Waals surface area contributed by atoms with E-state index in [1.165, 1.54) is 11.3 Å². The monoisotopic (exact) mass is 337 g/mol. The SMILES string of the molecule is CCN1CCN(C2CCN(CC(=O)Nc3nccs3)CC2)C1=O. The van der Waals surface area contributed by atoms with Crippen LogP contribution in [0.25, 0.3) is 0 Å². The first-order valence-corrected chi connectivity index (χ1v) is 9.02. The Hall–Kier alpha value is -1.67. The highest BCUT2D eigenvalue weighted by molar-refractivity contribution is 7.13. The molecule has 0 radical (unpaired) electrons. The molecule has 3 heterocycles. The Labute approximate surface area is 140 Å². The van der Waals surface area contributed by atoms with Crippen molar-refractivity contribution in [3.8, 4) is 0 Å². The number of rotatable bonds is 5. The van der Waals surface area contributed by atoms with Gasteiger partial charge in [0.25, 0.3) is 0 Å². The van der Waals surface area contributed by atoms with E-state index >= 15 is 0 Å². The number of carbonyl (C=O) groups excluding carboxylic acids is 2. The van der Waals surface area contributed by atoms with Crippen molar-refractivity contribution in [2.24, 2.45) is 0 Å². The van der Waals surface area contributed by atoms with Crippen LogP contribution in [0, 0.1) is 0 Å². The molecule has 126 valence electrons. The number of nitrogens with one attached hydrogen (secondary N) is 1. The quantitative estimate of drug-likeness (QED) is 0.879. The van der Waals surface area contributed by atoms with E-state index in [0.29, 0.717) is 17.7 Å². The van der Waals surface area contributed by atoms with E-state index in [2.05, 4.69) is 15.2 Å². The fourth-order valence-corrected chi connectivity index (χ4v) is 3.81. The molecule has 0 unspecified atom stereocenters. The number of aromatic nitrogens is 1. The molecule has 23 heavy (non-hydrogen) atoms. The third kappa shape index (κ3) is 3.81. The van der Waals surface area contributed by atoms with Gasteiger partial charge in [-0.1, -0.05) is 0 Å². The number of piperidine rings is 1. The first kappa shape index (κ1) is 16.2. The maximum Gasteiger partial charge on any atom is 0.320 e. The average molecular weight is 337 g/mol. The Kier molecular flexibility index (Phi) is 5.12. The van der Waals surface area contributed by atoms with E-state index in [1.54, 1.807) is 6.20 Å². The third-order valence-electron chi connectivity index (χ3n) is 4.55. The topological polar surface area (TPSA) is 68.8 Å². The van der Waals surface area contributed by atoms with Crippen molar-refractivity contribution < 1.29 is 9.59 Å². The second-order valence-electron chi connectivity index (χ2n) is 5.95. The Morgan fingerprint density at radius 3 is 2.74 bits per heavy atom. The van der Waals surface area contributed by atoms with E-state index in [-0.39, 0.29) is 11.9 Å². The molecule has 3 rings (SSSR count). The standard InChI is InChI=1S/C15H23N5O2S/c1-2-19-8-9-20(15(19)22)12-3-6-18(7-4-12)11-13(21)17-14-16-5-10-23-14/h5,10,12H,2-4,6-9,11H2,1H3,(H,16,17,21). The number of likely N-dealkylation sites (N-methyl/N-ethyl adjacent to an activating group) is 1. The fourth-order valence-electron chi connectivity index (χ4n) is 3.27. The summed E-state index contributed by atoms with van der Waals surface area (Å²) in [5.41, 5.74) is 0. The van der Waals surface area contributed by atoms with E-state index < -0.39 is 0 Å². The molecule has 0 atom stereocenters. The maximum absolute atomic E-state index is 12.2. The molecule has 0 aliphatic carbocycles. The predicted octanol–water partition coefficient (Wildman–Crippen LogP) is 1.30. The number of thiazole rings is 1. The van der Waals surface area contributed by atoms with E-state index in [1.807, 2.05) is 22.1 Å². The van der Waals surface area contributed by atoms with Crippen molar-refractivity contribution >= 4 is 28.4 Å². The number of hydrogen-bond donors (Lipinski definition) is 1. The van der Waals surface area contributed by atoms with Gasteiger partial charge in [-0.3, -0.25) is 9.69 Å². The smallest absolute Gasteiger partial charge is 0.320 e. The van der Waals surface area contributed by atoms with E-state index in [0.717, 1.165) is 45.6 Å². The highest BCUT2D eigenvalue weighted by Crippen LogP contribution is 2.21. The number of amides is 3. The molecule has 7 nitrogen and oxygen atoms in total. The first-order chi connectivity index (χ1) is 11.2. The van der Waals surface area contributed by atoms with Crippen LogP contribution in [0.2, 0.25) is 0 Å². The summed E-state index contributed by atoms with van der Waals surface area (Å²) in [5, 5.41) is 5.30. The van der Waals surface area contributed by atoms with Gasteiger partial charge < -0.3 is 15.1 Å². The van der Waals surface area contributed by atoms with Gasteiger partial charge in [-0.15, -0.1) is 11.3 Å². The molecule has 2 saturated heterocycles. The van der Waals surface area contributed by atoms with Crippen molar-refractivity contribution in [2.45, 2.75) is 25.8 Å². The van der Waals surface area contributed by atoms with Gasteiger partial charge in [0.2, 0.25) is 5.91 Å². The molecule has 0 saturated carbocycles. The Morgan fingerprint density at radius 2 is 2.13 bits per heavy atom. The van der Waals surface area contributed by atoms with Crippen molar-refractivity contribution in [3.05, 3.63) is 11.6 Å². The van der Waals surface area contributed by atoms with Crippen molar-refractivity contribution in [3.63, 3.8) is 0 Å². The molecule has 0 spiro atoms. The van der Waals surface area contributed by atoms with E-state index in [9.17, 15) is 9.59 Å². The lowest BCUT2D eigenvalue weighted by atomic mass is 10.0. The second kappa shape index (κ2) is 7.27. The van der Waals surface area contributed by atoms with Crippen LogP contribution in [0.4, 0.5) is 9.93 Å². The minimum Gasteiger partial charge on any atom is -0.323 e. The van der Waals surface area contributed by atoms with Crippen LogP contribution in [0.1, 0.15) is 19.8 Å². The van der Waals surface area contributed by atoms with Crippen molar-refractivity contribution in [2.75, 3.05) is 44.6 Å². The fraction of sp³-hybridized carbons (Fsp3) is 0.667. The van der Waals surface area contributed by atoms with Crippen LogP contribution in [0.3, 0.4) is 0 Å². The summed E-state index contributed by atoms with van der Waals surface area (Å²) < 4.78 is 0. The lowest BCUT2D eigenvalue weighted by Gasteiger charge is -2.36. The third-order valence-corrected chi connectivity index (χ3v) is 5.24. The first-order valence-electron chi connectivity index (χ1n) is 8.14. The molecular weight excluding hydrogens is 314 g/mol. The number of likely N-dealkylation sites (tertiary alicyclic amines) is 1. The summed E-state index contributed by atoms with van der Waals surface area (Å²) in [7, 11) is 0. The lowest BCUT2D eigenvalue weighted by molar-refractivity contribution is -0.117. The molecule has 1 aromatic rings. The van der Waals surface area contributed by atoms with Gasteiger partial charge >= 0.3 is 6.03 Å². The van der Waals surface area contributed by atoms with Crippen LogP contribution in [-0.2, 0) is 4.79 Å². The Bertz CT molecular complexity index is 542. The molecular formula is C15H23N5O2S. The Morgan fingerprint density at radius 1 is 1.35 bits per heavy atom. The minimum atomic E-state index is -0.0205.